The first kappa shape index (κ1) is 8.43. The van der Waals surface area contributed by atoms with E-state index in [-0.39, 0.29) is 0 Å². The van der Waals surface area contributed by atoms with Gasteiger partial charge in [0, 0.05) is 31.0 Å². The maximum absolute atomic E-state index is 4.46. The van der Waals surface area contributed by atoms with Gasteiger partial charge in [-0.1, -0.05) is 0 Å². The monoisotopic (exact) mass is 199 g/mol. The van der Waals surface area contributed by atoms with Crippen molar-refractivity contribution in [3.63, 3.8) is 0 Å². The lowest BCUT2D eigenvalue weighted by molar-refractivity contribution is 0.758. The van der Waals surface area contributed by atoms with E-state index in [1.165, 1.54) is 11.9 Å². The van der Waals surface area contributed by atoms with Crippen LogP contribution >= 0.6 is 0 Å². The van der Waals surface area contributed by atoms with Crippen LogP contribution in [0.2, 0.25) is 0 Å². The highest BCUT2D eigenvalue weighted by molar-refractivity contribution is 5.48. The molecule has 0 unspecified atom stereocenters. The average Bonchev–Trinajstić information content (AvgIpc) is 2.77. The van der Waals surface area contributed by atoms with Gasteiger partial charge in [-0.15, -0.1) is 0 Å². The largest absolute Gasteiger partial charge is 0.307 e. The van der Waals surface area contributed by atoms with Gasteiger partial charge < -0.3 is 5.32 Å². The molecular weight excluding hydrogens is 190 g/mol. The topological polar surface area (TPSA) is 63.6 Å². The van der Waals surface area contributed by atoms with Gasteiger partial charge in [0.1, 0.15) is 12.0 Å². The number of hydrogen-bond donors (Lipinski definition) is 1. The minimum atomic E-state index is 0.667. The maximum Gasteiger partial charge on any atom is 0.178 e. The molecule has 0 fully saturated rings. The summed E-state index contributed by atoms with van der Waals surface area (Å²) in [4.78, 5) is 16.7. The quantitative estimate of drug-likeness (QED) is 0.726. The molecule has 1 aliphatic heterocycles. The second-order valence-electron chi connectivity index (χ2n) is 3.36. The highest BCUT2D eigenvalue weighted by atomic mass is 15.0. The van der Waals surface area contributed by atoms with E-state index in [2.05, 4.69) is 25.3 Å². The SMILES string of the molecule is c1cc(-c2ncc3c(n2)CNC3)ncn1. The van der Waals surface area contributed by atoms with Gasteiger partial charge in [-0.3, -0.25) is 0 Å². The fourth-order valence-corrected chi connectivity index (χ4v) is 1.60. The van der Waals surface area contributed by atoms with E-state index >= 15 is 0 Å². The molecule has 0 bridgehead atoms. The first-order valence-corrected chi connectivity index (χ1v) is 4.75. The molecule has 3 rings (SSSR count). The number of nitrogens with zero attached hydrogens (tertiary/aromatic N) is 4. The number of aromatic nitrogens is 4. The van der Waals surface area contributed by atoms with Gasteiger partial charge in [-0.25, -0.2) is 19.9 Å². The molecule has 1 N–H and O–H groups in total. The molecule has 5 nitrogen and oxygen atoms in total. The highest BCUT2D eigenvalue weighted by Crippen LogP contribution is 2.16. The lowest BCUT2D eigenvalue weighted by Crippen LogP contribution is -2.00. The standard InChI is InChI=1S/C10H9N5/c1-2-11-6-14-8(1)10-13-4-7-3-12-5-9(7)15-10/h1-2,4,6,12H,3,5H2. The summed E-state index contributed by atoms with van der Waals surface area (Å²) in [5.41, 5.74) is 3.01. The van der Waals surface area contributed by atoms with Crippen molar-refractivity contribution in [2.75, 3.05) is 0 Å². The van der Waals surface area contributed by atoms with Crippen LogP contribution < -0.4 is 5.32 Å². The Hall–Kier alpha value is -1.88. The fraction of sp³-hybridized carbons (Fsp3) is 0.200. The molecule has 2 aromatic heterocycles. The molecule has 0 aromatic carbocycles. The van der Waals surface area contributed by atoms with Gasteiger partial charge in [0.05, 0.1) is 5.69 Å². The van der Waals surface area contributed by atoms with E-state index in [1.54, 1.807) is 6.20 Å². The number of fused-ring (bicyclic) bond motifs is 1. The predicted octanol–water partition coefficient (Wildman–Crippen LogP) is 0.537. The van der Waals surface area contributed by atoms with Crippen LogP contribution in [-0.4, -0.2) is 19.9 Å². The van der Waals surface area contributed by atoms with Crippen LogP contribution in [0.3, 0.4) is 0 Å². The molecule has 0 saturated heterocycles. The molecule has 74 valence electrons. The van der Waals surface area contributed by atoms with Crippen molar-refractivity contribution in [1.82, 2.24) is 25.3 Å². The summed E-state index contributed by atoms with van der Waals surface area (Å²) in [6, 6.07) is 1.81. The van der Waals surface area contributed by atoms with Gasteiger partial charge in [0.2, 0.25) is 0 Å². The molecule has 3 heterocycles. The van der Waals surface area contributed by atoms with Crippen molar-refractivity contribution in [2.45, 2.75) is 13.1 Å². The third-order valence-corrected chi connectivity index (χ3v) is 2.37. The molecule has 2 aromatic rings. The average molecular weight is 199 g/mol. The minimum Gasteiger partial charge on any atom is -0.307 e. The number of rotatable bonds is 1. The fourth-order valence-electron chi connectivity index (χ4n) is 1.60. The summed E-state index contributed by atoms with van der Waals surface area (Å²) in [5.74, 6) is 0.667. The Kier molecular flexibility index (Phi) is 1.89. The number of nitrogens with one attached hydrogen (secondary N) is 1. The van der Waals surface area contributed by atoms with Gasteiger partial charge >= 0.3 is 0 Å². The zero-order chi connectivity index (χ0) is 10.1. The first-order valence-electron chi connectivity index (χ1n) is 4.75. The van der Waals surface area contributed by atoms with Crippen molar-refractivity contribution in [3.8, 4) is 11.5 Å². The van der Waals surface area contributed by atoms with Crippen molar-refractivity contribution >= 4 is 0 Å². The molecule has 0 radical (unpaired) electrons. The van der Waals surface area contributed by atoms with Crippen molar-refractivity contribution in [3.05, 3.63) is 36.0 Å². The summed E-state index contributed by atoms with van der Waals surface area (Å²) in [7, 11) is 0. The summed E-state index contributed by atoms with van der Waals surface area (Å²) in [6.45, 7) is 1.68. The molecule has 15 heavy (non-hydrogen) atoms. The lowest BCUT2D eigenvalue weighted by Gasteiger charge is -2.00. The van der Waals surface area contributed by atoms with E-state index < -0.39 is 0 Å². The second-order valence-corrected chi connectivity index (χ2v) is 3.36. The van der Waals surface area contributed by atoms with E-state index in [0.717, 1.165) is 24.5 Å². The van der Waals surface area contributed by atoms with Crippen LogP contribution in [0, 0.1) is 0 Å². The van der Waals surface area contributed by atoms with Gasteiger partial charge in [0.25, 0.3) is 0 Å². The second kappa shape index (κ2) is 3.36. The van der Waals surface area contributed by atoms with Crippen LogP contribution in [0.1, 0.15) is 11.3 Å². The summed E-state index contributed by atoms with van der Waals surface area (Å²) >= 11 is 0. The maximum atomic E-state index is 4.46. The van der Waals surface area contributed by atoms with Gasteiger partial charge in [0.15, 0.2) is 5.82 Å². The molecule has 0 spiro atoms. The third-order valence-electron chi connectivity index (χ3n) is 2.37. The molecule has 0 amide bonds. The first-order chi connectivity index (χ1) is 7.43. The molecule has 0 atom stereocenters. The zero-order valence-electron chi connectivity index (χ0n) is 8.01. The predicted molar refractivity (Wildman–Crippen MR) is 53.6 cm³/mol. The Morgan fingerprint density at radius 2 is 2.20 bits per heavy atom. The van der Waals surface area contributed by atoms with Crippen LogP contribution in [0.25, 0.3) is 11.5 Å². The Balaban J connectivity index is 2.07. The lowest BCUT2D eigenvalue weighted by atomic mass is 10.2. The highest BCUT2D eigenvalue weighted by Gasteiger charge is 2.13. The molecule has 0 aliphatic carbocycles. The summed E-state index contributed by atoms with van der Waals surface area (Å²) in [5, 5.41) is 3.23. The number of hydrogen-bond acceptors (Lipinski definition) is 5. The molecular formula is C10H9N5. The normalized spacial score (nSPS) is 13.9. The molecule has 1 aliphatic rings. The summed E-state index contributed by atoms with van der Waals surface area (Å²) < 4.78 is 0. The molecule has 0 saturated carbocycles. The Morgan fingerprint density at radius 3 is 3.07 bits per heavy atom. The van der Waals surface area contributed by atoms with Crippen molar-refractivity contribution in [2.24, 2.45) is 0 Å². The molecule has 5 heteroatoms. The van der Waals surface area contributed by atoms with Crippen LogP contribution in [0.5, 0.6) is 0 Å². The smallest absolute Gasteiger partial charge is 0.178 e. The van der Waals surface area contributed by atoms with E-state index in [4.69, 9.17) is 0 Å². The van der Waals surface area contributed by atoms with Gasteiger partial charge in [-0.05, 0) is 6.07 Å². The van der Waals surface area contributed by atoms with Crippen LogP contribution in [0.4, 0.5) is 0 Å². The third kappa shape index (κ3) is 1.46. The van der Waals surface area contributed by atoms with E-state index in [0.29, 0.717) is 5.82 Å². The Bertz CT molecular complexity index is 482. The van der Waals surface area contributed by atoms with E-state index in [9.17, 15) is 0 Å². The minimum absolute atomic E-state index is 0.667. The van der Waals surface area contributed by atoms with Crippen molar-refractivity contribution < 1.29 is 0 Å². The van der Waals surface area contributed by atoms with Crippen molar-refractivity contribution in [1.29, 1.82) is 0 Å². The zero-order valence-corrected chi connectivity index (χ0v) is 8.01. The Morgan fingerprint density at radius 1 is 1.20 bits per heavy atom. The van der Waals surface area contributed by atoms with Gasteiger partial charge in [-0.2, -0.15) is 0 Å². The van der Waals surface area contributed by atoms with E-state index in [1.807, 2.05) is 12.3 Å². The van der Waals surface area contributed by atoms with Crippen LogP contribution in [-0.2, 0) is 13.1 Å². The summed E-state index contributed by atoms with van der Waals surface area (Å²) in [6.07, 6.45) is 5.06. The Labute approximate surface area is 86.6 Å². The van der Waals surface area contributed by atoms with Crippen LogP contribution in [0.15, 0.2) is 24.8 Å².